The zero-order valence-electron chi connectivity index (χ0n) is 13.6. The third kappa shape index (κ3) is 3.73. The minimum Gasteiger partial charge on any atom is -0.493 e. The largest absolute Gasteiger partial charge is 0.493 e. The molecule has 0 aromatic heterocycles. The first-order chi connectivity index (χ1) is 11.0. The molecule has 1 aliphatic rings. The van der Waals surface area contributed by atoms with E-state index in [9.17, 15) is 9.59 Å². The van der Waals surface area contributed by atoms with Gasteiger partial charge in [0.05, 0.1) is 14.2 Å². The minimum absolute atomic E-state index is 0.0893. The van der Waals surface area contributed by atoms with Gasteiger partial charge in [-0.2, -0.15) is 0 Å². The molecular formula is C16H22N2O5. The molecule has 7 heteroatoms. The fourth-order valence-corrected chi connectivity index (χ4v) is 2.62. The van der Waals surface area contributed by atoms with Crippen LogP contribution in [0.4, 0.5) is 0 Å². The third-order valence-electron chi connectivity index (χ3n) is 4.14. The van der Waals surface area contributed by atoms with Crippen molar-refractivity contribution in [1.29, 1.82) is 0 Å². The lowest BCUT2D eigenvalue weighted by molar-refractivity contribution is -0.143. The average Bonchev–Trinajstić information content (AvgIpc) is 2.59. The molecule has 7 nitrogen and oxygen atoms in total. The van der Waals surface area contributed by atoms with Crippen LogP contribution in [0.5, 0.6) is 11.5 Å². The first-order valence-electron chi connectivity index (χ1n) is 7.46. The number of aliphatic carboxylic acids is 1. The molecule has 1 aromatic rings. The number of rotatable bonds is 5. The van der Waals surface area contributed by atoms with E-state index in [0.717, 1.165) is 0 Å². The predicted molar refractivity (Wildman–Crippen MR) is 84.1 cm³/mol. The number of carboxylic acid groups (broad SMARTS) is 1. The highest BCUT2D eigenvalue weighted by Crippen LogP contribution is 2.28. The number of hydrogen-bond acceptors (Lipinski definition) is 5. The van der Waals surface area contributed by atoms with Gasteiger partial charge in [0.15, 0.2) is 11.5 Å². The van der Waals surface area contributed by atoms with Crippen LogP contribution >= 0.6 is 0 Å². The molecule has 1 saturated heterocycles. The normalized spacial score (nSPS) is 16.7. The molecule has 0 saturated carbocycles. The quantitative estimate of drug-likeness (QED) is 0.869. The van der Waals surface area contributed by atoms with Gasteiger partial charge in [-0.25, -0.2) is 0 Å². The van der Waals surface area contributed by atoms with Crippen molar-refractivity contribution in [3.05, 3.63) is 23.8 Å². The average molecular weight is 322 g/mol. The van der Waals surface area contributed by atoms with E-state index < -0.39 is 12.0 Å². The SMILES string of the molecule is COc1ccc(C(=O)N2CCN([C@H](C)C(=O)O)CC2)cc1OC. The fraction of sp³-hybridized carbons (Fsp3) is 0.500. The lowest BCUT2D eigenvalue weighted by Gasteiger charge is -2.36. The number of ether oxygens (including phenoxy) is 2. The van der Waals surface area contributed by atoms with Gasteiger partial charge in [-0.3, -0.25) is 14.5 Å². The molecule has 1 amide bonds. The summed E-state index contributed by atoms with van der Waals surface area (Å²) in [6, 6.07) is 4.53. The van der Waals surface area contributed by atoms with Crippen LogP contribution in [-0.2, 0) is 4.79 Å². The molecule has 1 heterocycles. The van der Waals surface area contributed by atoms with Gasteiger partial charge < -0.3 is 19.5 Å². The summed E-state index contributed by atoms with van der Waals surface area (Å²) in [6.07, 6.45) is 0. The molecule has 1 aromatic carbocycles. The van der Waals surface area contributed by atoms with Gasteiger partial charge >= 0.3 is 5.97 Å². The molecule has 0 unspecified atom stereocenters. The Bertz CT molecular complexity index is 582. The molecule has 1 N–H and O–H groups in total. The molecule has 1 atom stereocenters. The van der Waals surface area contributed by atoms with Crippen molar-refractivity contribution in [2.45, 2.75) is 13.0 Å². The monoisotopic (exact) mass is 322 g/mol. The minimum atomic E-state index is -0.843. The lowest BCUT2D eigenvalue weighted by atomic mass is 10.1. The number of nitrogens with zero attached hydrogens (tertiary/aromatic N) is 2. The van der Waals surface area contributed by atoms with Crippen LogP contribution in [-0.4, -0.2) is 73.2 Å². The zero-order valence-corrected chi connectivity index (χ0v) is 13.6. The Morgan fingerprint density at radius 2 is 1.70 bits per heavy atom. The molecule has 0 spiro atoms. The van der Waals surface area contributed by atoms with E-state index in [2.05, 4.69) is 0 Å². The van der Waals surface area contributed by atoms with Crippen molar-refractivity contribution in [3.8, 4) is 11.5 Å². The molecule has 1 aliphatic heterocycles. The van der Waals surface area contributed by atoms with Crippen LogP contribution in [0.3, 0.4) is 0 Å². The molecule has 1 fully saturated rings. The van der Waals surface area contributed by atoms with Gasteiger partial charge in [-0.1, -0.05) is 0 Å². The number of benzene rings is 1. The number of carbonyl (C=O) groups excluding carboxylic acids is 1. The first-order valence-corrected chi connectivity index (χ1v) is 7.46. The molecule has 0 radical (unpaired) electrons. The molecule has 0 bridgehead atoms. The number of piperazine rings is 1. The summed E-state index contributed by atoms with van der Waals surface area (Å²) in [5.74, 6) is 0.152. The van der Waals surface area contributed by atoms with Gasteiger partial charge in [0, 0.05) is 31.7 Å². The van der Waals surface area contributed by atoms with Crippen molar-refractivity contribution in [1.82, 2.24) is 9.80 Å². The highest BCUT2D eigenvalue weighted by atomic mass is 16.5. The number of carbonyl (C=O) groups is 2. The van der Waals surface area contributed by atoms with Crippen LogP contribution in [0.2, 0.25) is 0 Å². The molecular weight excluding hydrogens is 300 g/mol. The predicted octanol–water partition coefficient (Wildman–Crippen LogP) is 0.935. The Kier molecular flexibility index (Phi) is 5.44. The van der Waals surface area contributed by atoms with Crippen molar-refractivity contribution in [3.63, 3.8) is 0 Å². The highest BCUT2D eigenvalue weighted by Gasteiger charge is 2.27. The maximum absolute atomic E-state index is 12.6. The second-order valence-corrected chi connectivity index (χ2v) is 5.41. The van der Waals surface area contributed by atoms with Gasteiger partial charge in [0.1, 0.15) is 6.04 Å². The smallest absolute Gasteiger partial charge is 0.320 e. The summed E-state index contributed by atoms with van der Waals surface area (Å²) >= 11 is 0. The summed E-state index contributed by atoms with van der Waals surface area (Å²) < 4.78 is 10.4. The first kappa shape index (κ1) is 17.1. The number of methoxy groups -OCH3 is 2. The zero-order chi connectivity index (χ0) is 17.0. The van der Waals surface area contributed by atoms with Crippen LogP contribution in [0.15, 0.2) is 18.2 Å². The molecule has 2 rings (SSSR count). The number of carboxylic acids is 1. The van der Waals surface area contributed by atoms with Crippen LogP contribution < -0.4 is 9.47 Å². The highest BCUT2D eigenvalue weighted by molar-refractivity contribution is 5.95. The lowest BCUT2D eigenvalue weighted by Crippen LogP contribution is -2.53. The van der Waals surface area contributed by atoms with Crippen molar-refractivity contribution in [2.24, 2.45) is 0 Å². The van der Waals surface area contributed by atoms with Gasteiger partial charge in [-0.15, -0.1) is 0 Å². The van der Waals surface area contributed by atoms with Crippen molar-refractivity contribution < 1.29 is 24.2 Å². The molecule has 23 heavy (non-hydrogen) atoms. The van der Waals surface area contributed by atoms with E-state index in [1.54, 1.807) is 37.1 Å². The standard InChI is InChI=1S/C16H22N2O5/c1-11(16(20)21)17-6-8-18(9-7-17)15(19)12-4-5-13(22-2)14(10-12)23-3/h4-5,10-11H,6-9H2,1-3H3,(H,20,21)/t11-/m1/s1. The summed E-state index contributed by atoms with van der Waals surface area (Å²) in [4.78, 5) is 27.2. The molecule has 126 valence electrons. The Hall–Kier alpha value is -2.28. The summed E-state index contributed by atoms with van der Waals surface area (Å²) in [5.41, 5.74) is 0.530. The van der Waals surface area contributed by atoms with Crippen LogP contribution in [0, 0.1) is 0 Å². The molecule has 0 aliphatic carbocycles. The van der Waals surface area contributed by atoms with Crippen molar-refractivity contribution >= 4 is 11.9 Å². The summed E-state index contributed by atoms with van der Waals surface area (Å²) in [7, 11) is 3.07. The van der Waals surface area contributed by atoms with E-state index in [4.69, 9.17) is 14.6 Å². The Morgan fingerprint density at radius 1 is 1.09 bits per heavy atom. The number of amides is 1. The number of hydrogen-bond donors (Lipinski definition) is 1. The van der Waals surface area contributed by atoms with E-state index in [1.165, 1.54) is 7.11 Å². The second kappa shape index (κ2) is 7.32. The van der Waals surface area contributed by atoms with Gasteiger partial charge in [-0.05, 0) is 25.1 Å². The van der Waals surface area contributed by atoms with E-state index in [-0.39, 0.29) is 5.91 Å². The fourth-order valence-electron chi connectivity index (χ4n) is 2.62. The Balaban J connectivity index is 2.04. The van der Waals surface area contributed by atoms with Crippen LogP contribution in [0.1, 0.15) is 17.3 Å². The summed E-state index contributed by atoms with van der Waals surface area (Å²) in [6.45, 7) is 3.77. The summed E-state index contributed by atoms with van der Waals surface area (Å²) in [5, 5.41) is 9.05. The van der Waals surface area contributed by atoms with Crippen LogP contribution in [0.25, 0.3) is 0 Å². The van der Waals surface area contributed by atoms with Gasteiger partial charge in [0.25, 0.3) is 5.91 Å². The maximum atomic E-state index is 12.6. The van der Waals surface area contributed by atoms with E-state index in [1.807, 2.05) is 4.90 Å². The van der Waals surface area contributed by atoms with E-state index in [0.29, 0.717) is 43.2 Å². The Morgan fingerprint density at radius 3 is 2.22 bits per heavy atom. The van der Waals surface area contributed by atoms with E-state index >= 15 is 0 Å². The second-order valence-electron chi connectivity index (χ2n) is 5.41. The van der Waals surface area contributed by atoms with Crippen molar-refractivity contribution in [2.75, 3.05) is 40.4 Å². The maximum Gasteiger partial charge on any atom is 0.320 e. The third-order valence-corrected chi connectivity index (χ3v) is 4.14. The van der Waals surface area contributed by atoms with Gasteiger partial charge in [0.2, 0.25) is 0 Å². The Labute approximate surface area is 135 Å². The topological polar surface area (TPSA) is 79.3 Å².